The lowest BCUT2D eigenvalue weighted by molar-refractivity contribution is -0.161. The zero-order chi connectivity index (χ0) is 40.7. The van der Waals surface area contributed by atoms with E-state index in [1.807, 2.05) is 0 Å². The zero-order valence-electron chi connectivity index (χ0n) is 37.9. The molecule has 0 aromatic heterocycles. The minimum Gasteiger partial charge on any atom is -0.462 e. The number of hydrogen-bond donors (Lipinski definition) is 1. The molecule has 0 unspecified atom stereocenters. The van der Waals surface area contributed by atoms with Crippen LogP contribution >= 0.6 is 0 Å². The van der Waals surface area contributed by atoms with Gasteiger partial charge in [-0.25, -0.2) is 0 Å². The molecule has 0 aliphatic heterocycles. The molecular formula is C51H98O5. The predicted molar refractivity (Wildman–Crippen MR) is 242 cm³/mol. The summed E-state index contributed by atoms with van der Waals surface area (Å²) in [7, 11) is 0. The molecule has 1 atom stereocenters. The van der Waals surface area contributed by atoms with Crippen molar-refractivity contribution >= 4 is 11.9 Å². The summed E-state index contributed by atoms with van der Waals surface area (Å²) in [5, 5.41) is 9.62. The van der Waals surface area contributed by atoms with Gasteiger partial charge in [0.2, 0.25) is 0 Å². The number of carbonyl (C=O) groups excluding carboxylic acids is 2. The Kier molecular flexibility index (Phi) is 46.8. The third kappa shape index (κ3) is 45.3. The van der Waals surface area contributed by atoms with E-state index >= 15 is 0 Å². The number of ether oxygens (including phenoxy) is 2. The van der Waals surface area contributed by atoms with Gasteiger partial charge in [-0.2, -0.15) is 0 Å². The maximum absolute atomic E-state index is 12.3. The lowest BCUT2D eigenvalue weighted by Gasteiger charge is -2.15. The first-order valence-electron chi connectivity index (χ1n) is 25.2. The highest BCUT2D eigenvalue weighted by Gasteiger charge is 2.16. The van der Waals surface area contributed by atoms with Crippen molar-refractivity contribution in [3.05, 3.63) is 12.2 Å². The van der Waals surface area contributed by atoms with Crippen LogP contribution in [0, 0.1) is 0 Å². The average Bonchev–Trinajstić information content (AvgIpc) is 3.20. The van der Waals surface area contributed by atoms with Crippen molar-refractivity contribution in [1.82, 2.24) is 0 Å². The van der Waals surface area contributed by atoms with E-state index in [1.165, 1.54) is 218 Å². The lowest BCUT2D eigenvalue weighted by Crippen LogP contribution is -2.28. The van der Waals surface area contributed by atoms with Crippen LogP contribution in [0.3, 0.4) is 0 Å². The minimum absolute atomic E-state index is 0.0592. The predicted octanol–water partition coefficient (Wildman–Crippen LogP) is 16.4. The highest BCUT2D eigenvalue weighted by molar-refractivity contribution is 5.70. The molecule has 0 amide bonds. The molecule has 0 spiro atoms. The van der Waals surface area contributed by atoms with E-state index in [9.17, 15) is 14.7 Å². The Balaban J connectivity index is 3.44. The summed E-state index contributed by atoms with van der Waals surface area (Å²) in [6.45, 7) is 4.18. The van der Waals surface area contributed by atoms with Crippen LogP contribution in [-0.4, -0.2) is 36.4 Å². The molecule has 0 aromatic carbocycles. The first-order chi connectivity index (χ1) is 27.6. The Labute approximate surface area is 350 Å². The molecule has 0 radical (unpaired) electrons. The van der Waals surface area contributed by atoms with E-state index in [-0.39, 0.29) is 25.2 Å². The van der Waals surface area contributed by atoms with Crippen LogP contribution in [0.2, 0.25) is 0 Å². The summed E-state index contributed by atoms with van der Waals surface area (Å²) in [6, 6.07) is 0. The molecule has 0 bridgehead atoms. The van der Waals surface area contributed by atoms with E-state index in [2.05, 4.69) is 26.0 Å². The van der Waals surface area contributed by atoms with Crippen molar-refractivity contribution in [2.24, 2.45) is 0 Å². The SMILES string of the molecule is CCCCCCCCC=CCCCCCCCCCCCCCC(=O)OC[C@H](CO)OC(=O)CCCCCCCCCCCCCCCCCCCCCCC. The van der Waals surface area contributed by atoms with Gasteiger partial charge in [0.1, 0.15) is 6.61 Å². The first-order valence-corrected chi connectivity index (χ1v) is 25.2. The highest BCUT2D eigenvalue weighted by atomic mass is 16.6. The molecule has 0 saturated carbocycles. The van der Waals surface area contributed by atoms with Gasteiger partial charge in [-0.15, -0.1) is 0 Å². The summed E-state index contributed by atoms with van der Waals surface area (Å²) in [6.07, 6.45) is 57.3. The highest BCUT2D eigenvalue weighted by Crippen LogP contribution is 2.17. The standard InChI is InChI=1S/C51H98O5/c1-3-5-7-9-11-13-15-17-19-21-23-25-27-29-31-33-35-37-39-41-43-45-50(53)55-48-49(47-52)56-51(54)46-44-42-40-38-36-34-32-30-28-26-24-22-20-18-16-14-12-10-8-6-4-2/h17,19,49,52H,3-16,18,20-48H2,1-2H3/t49-/m0/s1. The van der Waals surface area contributed by atoms with Crippen molar-refractivity contribution in [1.29, 1.82) is 0 Å². The Bertz CT molecular complexity index is 810. The van der Waals surface area contributed by atoms with Crippen molar-refractivity contribution in [2.75, 3.05) is 13.2 Å². The smallest absolute Gasteiger partial charge is 0.306 e. The van der Waals surface area contributed by atoms with Crippen LogP contribution in [-0.2, 0) is 19.1 Å². The summed E-state index contributed by atoms with van der Waals surface area (Å²) in [5.41, 5.74) is 0. The summed E-state index contributed by atoms with van der Waals surface area (Å²) < 4.78 is 10.7. The third-order valence-electron chi connectivity index (χ3n) is 11.6. The van der Waals surface area contributed by atoms with Gasteiger partial charge in [-0.05, 0) is 38.5 Å². The molecule has 0 aliphatic rings. The fraction of sp³-hybridized carbons (Fsp3) is 0.922. The number of unbranched alkanes of at least 4 members (excludes halogenated alkanes) is 37. The number of aliphatic hydroxyl groups is 1. The minimum atomic E-state index is -0.766. The molecular weight excluding hydrogens is 693 g/mol. The molecule has 0 saturated heterocycles. The molecule has 1 N–H and O–H groups in total. The number of rotatable bonds is 47. The van der Waals surface area contributed by atoms with Crippen molar-refractivity contribution in [3.8, 4) is 0 Å². The number of hydrogen-bond acceptors (Lipinski definition) is 5. The number of esters is 2. The topological polar surface area (TPSA) is 72.8 Å². The van der Waals surface area contributed by atoms with Gasteiger partial charge >= 0.3 is 11.9 Å². The molecule has 5 heteroatoms. The molecule has 0 fully saturated rings. The van der Waals surface area contributed by atoms with Crippen LogP contribution in [0.25, 0.3) is 0 Å². The number of allylic oxidation sites excluding steroid dienone is 2. The molecule has 56 heavy (non-hydrogen) atoms. The quantitative estimate of drug-likeness (QED) is 0.0378. The van der Waals surface area contributed by atoms with Gasteiger partial charge in [0, 0.05) is 12.8 Å². The number of carbonyl (C=O) groups is 2. The lowest BCUT2D eigenvalue weighted by atomic mass is 10.0. The van der Waals surface area contributed by atoms with Crippen LogP contribution in [0.15, 0.2) is 12.2 Å². The molecule has 0 aliphatic carbocycles. The van der Waals surface area contributed by atoms with E-state index < -0.39 is 6.10 Å². The maximum Gasteiger partial charge on any atom is 0.306 e. The summed E-state index contributed by atoms with van der Waals surface area (Å²) >= 11 is 0. The average molecular weight is 791 g/mol. The van der Waals surface area contributed by atoms with Crippen molar-refractivity contribution in [3.63, 3.8) is 0 Å². The van der Waals surface area contributed by atoms with Crippen molar-refractivity contribution < 1.29 is 24.2 Å². The van der Waals surface area contributed by atoms with Crippen LogP contribution < -0.4 is 0 Å². The Morgan fingerprint density at radius 2 is 0.661 bits per heavy atom. The molecule has 0 rings (SSSR count). The zero-order valence-corrected chi connectivity index (χ0v) is 37.9. The van der Waals surface area contributed by atoms with Crippen LogP contribution in [0.4, 0.5) is 0 Å². The van der Waals surface area contributed by atoms with Crippen molar-refractivity contribution in [2.45, 2.75) is 290 Å². The summed E-state index contributed by atoms with van der Waals surface area (Å²) in [4.78, 5) is 24.4. The first kappa shape index (κ1) is 54.6. The van der Waals surface area contributed by atoms with Gasteiger partial charge in [-0.1, -0.05) is 244 Å². The summed E-state index contributed by atoms with van der Waals surface area (Å²) in [5.74, 6) is -0.572. The molecule has 0 aromatic rings. The van der Waals surface area contributed by atoms with E-state index in [0.717, 1.165) is 38.5 Å². The second kappa shape index (κ2) is 48.0. The fourth-order valence-corrected chi connectivity index (χ4v) is 7.73. The van der Waals surface area contributed by atoms with E-state index in [1.54, 1.807) is 0 Å². The van der Waals surface area contributed by atoms with Gasteiger partial charge in [0.05, 0.1) is 6.61 Å². The Hall–Kier alpha value is -1.36. The third-order valence-corrected chi connectivity index (χ3v) is 11.6. The fourth-order valence-electron chi connectivity index (χ4n) is 7.73. The van der Waals surface area contributed by atoms with Crippen LogP contribution in [0.1, 0.15) is 284 Å². The second-order valence-electron chi connectivity index (χ2n) is 17.3. The molecule has 5 nitrogen and oxygen atoms in total. The van der Waals surface area contributed by atoms with Crippen LogP contribution in [0.5, 0.6) is 0 Å². The normalized spacial score (nSPS) is 12.1. The largest absolute Gasteiger partial charge is 0.462 e. The second-order valence-corrected chi connectivity index (χ2v) is 17.3. The monoisotopic (exact) mass is 791 g/mol. The van der Waals surface area contributed by atoms with Gasteiger partial charge in [-0.3, -0.25) is 9.59 Å². The Morgan fingerprint density at radius 3 is 0.964 bits per heavy atom. The van der Waals surface area contributed by atoms with E-state index in [0.29, 0.717) is 12.8 Å². The van der Waals surface area contributed by atoms with Gasteiger partial charge in [0.25, 0.3) is 0 Å². The van der Waals surface area contributed by atoms with E-state index in [4.69, 9.17) is 9.47 Å². The molecule has 332 valence electrons. The number of aliphatic hydroxyl groups excluding tert-OH is 1. The Morgan fingerprint density at radius 1 is 0.393 bits per heavy atom. The maximum atomic E-state index is 12.3. The van der Waals surface area contributed by atoms with Gasteiger partial charge < -0.3 is 14.6 Å². The van der Waals surface area contributed by atoms with Gasteiger partial charge in [0.15, 0.2) is 6.10 Å². The molecule has 0 heterocycles.